The lowest BCUT2D eigenvalue weighted by Crippen LogP contribution is -1.99. The average molecular weight is 330 g/mol. The fourth-order valence-electron chi connectivity index (χ4n) is 2.67. The zero-order chi connectivity index (χ0) is 15.5. The van der Waals surface area contributed by atoms with Gasteiger partial charge < -0.3 is 10.5 Å². The van der Waals surface area contributed by atoms with Gasteiger partial charge in [0.2, 0.25) is 0 Å². The number of nitrogens with two attached hydrogens (primary N) is 1. The van der Waals surface area contributed by atoms with Crippen LogP contribution in [0.25, 0.3) is 22.0 Å². The summed E-state index contributed by atoms with van der Waals surface area (Å²) in [5.41, 5.74) is 10.9. The second kappa shape index (κ2) is 7.40. The van der Waals surface area contributed by atoms with E-state index in [0.717, 1.165) is 39.8 Å². The second-order valence-corrected chi connectivity index (χ2v) is 5.20. The molecule has 120 valence electrons. The van der Waals surface area contributed by atoms with Crippen LogP contribution in [0.1, 0.15) is 18.3 Å². The van der Waals surface area contributed by atoms with Crippen molar-refractivity contribution < 1.29 is 4.74 Å². The molecule has 0 fully saturated rings. The number of methoxy groups -OCH3 is 1. The van der Waals surface area contributed by atoms with Crippen LogP contribution in [-0.2, 0) is 17.8 Å². The van der Waals surface area contributed by atoms with Crippen LogP contribution in [0.4, 0.5) is 5.82 Å². The minimum absolute atomic E-state index is 0. The molecular formula is C18H20ClN3O. The smallest absolute Gasteiger partial charge is 0.123 e. The lowest BCUT2D eigenvalue weighted by molar-refractivity contribution is 0.182. The van der Waals surface area contributed by atoms with Gasteiger partial charge in [0.25, 0.3) is 0 Å². The van der Waals surface area contributed by atoms with Gasteiger partial charge in [-0.25, -0.2) is 9.97 Å². The molecule has 0 unspecified atom stereocenters. The van der Waals surface area contributed by atoms with Crippen molar-refractivity contribution in [3.05, 3.63) is 53.9 Å². The summed E-state index contributed by atoms with van der Waals surface area (Å²) < 4.78 is 5.19. The van der Waals surface area contributed by atoms with Crippen LogP contribution in [0.2, 0.25) is 0 Å². The van der Waals surface area contributed by atoms with E-state index in [1.54, 1.807) is 7.11 Å². The van der Waals surface area contributed by atoms with E-state index in [0.29, 0.717) is 12.4 Å². The fourth-order valence-corrected chi connectivity index (χ4v) is 2.67. The molecule has 0 saturated heterocycles. The summed E-state index contributed by atoms with van der Waals surface area (Å²) in [5, 5.41) is 1.11. The molecule has 0 aliphatic heterocycles. The Morgan fingerprint density at radius 1 is 1.00 bits per heavy atom. The number of aromatic nitrogens is 2. The molecule has 0 aliphatic carbocycles. The van der Waals surface area contributed by atoms with Crippen molar-refractivity contribution in [3.8, 4) is 11.1 Å². The van der Waals surface area contributed by atoms with Crippen LogP contribution in [0.15, 0.2) is 42.5 Å². The topological polar surface area (TPSA) is 61.0 Å². The molecule has 4 nitrogen and oxygen atoms in total. The fraction of sp³-hybridized carbons (Fsp3) is 0.222. The summed E-state index contributed by atoms with van der Waals surface area (Å²) in [6.07, 6.45) is 0.828. The Kier molecular flexibility index (Phi) is 5.53. The number of nitrogen functional groups attached to an aromatic ring is 1. The van der Waals surface area contributed by atoms with Crippen LogP contribution in [0.5, 0.6) is 0 Å². The third-order valence-corrected chi connectivity index (χ3v) is 3.69. The Morgan fingerprint density at radius 2 is 1.83 bits per heavy atom. The molecule has 2 N–H and O–H groups in total. The minimum Gasteiger partial charge on any atom is -0.384 e. The molecule has 0 atom stereocenters. The highest BCUT2D eigenvalue weighted by atomic mass is 35.5. The standard InChI is InChI=1S/C18H19N3O.ClH/c1-3-16-14(9-10-17(19)21-16)15-6-4-5-12-7-8-13(11-22-2)20-18(12)15;/h4-10H,3,11H2,1-2H3,(H2,19,21);1H. The maximum Gasteiger partial charge on any atom is 0.123 e. The normalized spacial score (nSPS) is 10.5. The number of benzene rings is 1. The van der Waals surface area contributed by atoms with Gasteiger partial charge in [-0.3, -0.25) is 0 Å². The van der Waals surface area contributed by atoms with Gasteiger partial charge in [-0.15, -0.1) is 12.4 Å². The lowest BCUT2D eigenvalue weighted by Gasteiger charge is -2.11. The maximum absolute atomic E-state index is 5.81. The lowest BCUT2D eigenvalue weighted by atomic mass is 9.99. The summed E-state index contributed by atoms with van der Waals surface area (Å²) in [5.74, 6) is 0.550. The number of para-hydroxylation sites is 1. The van der Waals surface area contributed by atoms with Crippen LogP contribution in [0.3, 0.4) is 0 Å². The predicted octanol–water partition coefficient (Wildman–Crippen LogP) is 4.01. The molecule has 0 amide bonds. The predicted molar refractivity (Wildman–Crippen MR) is 96.7 cm³/mol. The molecule has 2 heterocycles. The number of ether oxygens (including phenoxy) is 1. The number of pyridine rings is 2. The summed E-state index contributed by atoms with van der Waals surface area (Å²) >= 11 is 0. The molecule has 3 aromatic rings. The van der Waals surface area contributed by atoms with Gasteiger partial charge >= 0.3 is 0 Å². The number of aryl methyl sites for hydroxylation is 1. The van der Waals surface area contributed by atoms with Crippen molar-refractivity contribution >= 4 is 29.1 Å². The zero-order valence-corrected chi connectivity index (χ0v) is 14.1. The molecule has 2 aromatic heterocycles. The van der Waals surface area contributed by atoms with Crippen LogP contribution < -0.4 is 5.73 Å². The van der Waals surface area contributed by atoms with E-state index in [9.17, 15) is 0 Å². The van der Waals surface area contributed by atoms with Gasteiger partial charge in [0.1, 0.15) is 5.82 Å². The highest BCUT2D eigenvalue weighted by Gasteiger charge is 2.11. The van der Waals surface area contributed by atoms with Gasteiger partial charge in [-0.1, -0.05) is 31.2 Å². The highest BCUT2D eigenvalue weighted by Crippen LogP contribution is 2.30. The van der Waals surface area contributed by atoms with Gasteiger partial charge in [0, 0.05) is 23.6 Å². The molecule has 23 heavy (non-hydrogen) atoms. The monoisotopic (exact) mass is 329 g/mol. The maximum atomic E-state index is 5.81. The summed E-state index contributed by atoms with van der Waals surface area (Å²) in [7, 11) is 1.68. The van der Waals surface area contributed by atoms with E-state index in [4.69, 9.17) is 15.5 Å². The number of fused-ring (bicyclic) bond motifs is 1. The van der Waals surface area contributed by atoms with Crippen LogP contribution in [-0.4, -0.2) is 17.1 Å². The molecule has 0 bridgehead atoms. The number of anilines is 1. The van der Waals surface area contributed by atoms with E-state index in [1.807, 2.05) is 24.3 Å². The van der Waals surface area contributed by atoms with E-state index in [-0.39, 0.29) is 12.4 Å². The van der Waals surface area contributed by atoms with Crippen molar-refractivity contribution in [2.45, 2.75) is 20.0 Å². The molecule has 0 aliphatic rings. The first-order valence-electron chi connectivity index (χ1n) is 7.36. The van der Waals surface area contributed by atoms with E-state index in [2.05, 4.69) is 30.1 Å². The Labute approximate surface area is 142 Å². The van der Waals surface area contributed by atoms with Crippen molar-refractivity contribution in [2.75, 3.05) is 12.8 Å². The van der Waals surface area contributed by atoms with E-state index in [1.165, 1.54) is 0 Å². The number of rotatable bonds is 4. The SMILES string of the molecule is CCc1nc(N)ccc1-c1cccc2ccc(COC)nc12.Cl. The Hall–Kier alpha value is -2.17. The Balaban J connectivity index is 0.00000192. The summed E-state index contributed by atoms with van der Waals surface area (Å²) in [6, 6.07) is 14.1. The van der Waals surface area contributed by atoms with Gasteiger partial charge in [-0.05, 0) is 24.6 Å². The first kappa shape index (κ1) is 17.2. The minimum atomic E-state index is 0. The number of nitrogens with zero attached hydrogens (tertiary/aromatic N) is 2. The largest absolute Gasteiger partial charge is 0.384 e. The van der Waals surface area contributed by atoms with Crippen molar-refractivity contribution in [1.82, 2.24) is 9.97 Å². The third kappa shape index (κ3) is 3.44. The second-order valence-electron chi connectivity index (χ2n) is 5.20. The Morgan fingerprint density at radius 3 is 2.57 bits per heavy atom. The number of hydrogen-bond donors (Lipinski definition) is 1. The van der Waals surface area contributed by atoms with Crippen molar-refractivity contribution in [1.29, 1.82) is 0 Å². The first-order valence-corrected chi connectivity index (χ1v) is 7.36. The average Bonchev–Trinajstić information content (AvgIpc) is 2.54. The zero-order valence-electron chi connectivity index (χ0n) is 13.2. The molecule has 3 rings (SSSR count). The van der Waals surface area contributed by atoms with Gasteiger partial charge in [0.15, 0.2) is 0 Å². The van der Waals surface area contributed by atoms with E-state index >= 15 is 0 Å². The molecule has 0 saturated carbocycles. The van der Waals surface area contributed by atoms with Crippen LogP contribution in [0, 0.1) is 0 Å². The van der Waals surface area contributed by atoms with Crippen LogP contribution >= 0.6 is 12.4 Å². The number of hydrogen-bond acceptors (Lipinski definition) is 4. The molecule has 0 spiro atoms. The molecule has 1 aromatic carbocycles. The van der Waals surface area contributed by atoms with Crippen molar-refractivity contribution in [3.63, 3.8) is 0 Å². The van der Waals surface area contributed by atoms with Gasteiger partial charge in [-0.2, -0.15) is 0 Å². The Bertz CT molecular complexity index is 820. The third-order valence-electron chi connectivity index (χ3n) is 3.69. The molecular weight excluding hydrogens is 310 g/mol. The number of halogens is 1. The summed E-state index contributed by atoms with van der Waals surface area (Å²) in [4.78, 5) is 9.21. The quantitative estimate of drug-likeness (QED) is 0.785. The molecule has 0 radical (unpaired) electrons. The summed E-state index contributed by atoms with van der Waals surface area (Å²) in [6.45, 7) is 2.59. The van der Waals surface area contributed by atoms with Gasteiger partial charge in [0.05, 0.1) is 23.5 Å². The highest BCUT2D eigenvalue weighted by molar-refractivity contribution is 5.94. The first-order chi connectivity index (χ1) is 10.7. The van der Waals surface area contributed by atoms with E-state index < -0.39 is 0 Å². The van der Waals surface area contributed by atoms with Crippen molar-refractivity contribution in [2.24, 2.45) is 0 Å². The molecule has 5 heteroatoms.